The summed E-state index contributed by atoms with van der Waals surface area (Å²) in [5.41, 5.74) is 4.78. The van der Waals surface area contributed by atoms with Crippen LogP contribution in [0.2, 0.25) is 0 Å². The maximum atomic E-state index is 10.4. The van der Waals surface area contributed by atoms with Gasteiger partial charge in [0.2, 0.25) is 0 Å². The summed E-state index contributed by atoms with van der Waals surface area (Å²) in [6.07, 6.45) is 2.37. The van der Waals surface area contributed by atoms with Crippen LogP contribution in [0.1, 0.15) is 37.5 Å². The SMILES string of the molecule is CCc1ccc(-c2cc(O)c(CC)c(O)c2CC)cc1. The molecule has 2 aromatic carbocycles. The van der Waals surface area contributed by atoms with Crippen LogP contribution in [0.3, 0.4) is 0 Å². The Morgan fingerprint density at radius 2 is 1.40 bits per heavy atom. The van der Waals surface area contributed by atoms with E-state index in [0.29, 0.717) is 12.0 Å². The van der Waals surface area contributed by atoms with Gasteiger partial charge in [0, 0.05) is 11.1 Å². The molecule has 20 heavy (non-hydrogen) atoms. The van der Waals surface area contributed by atoms with Crippen LogP contribution < -0.4 is 0 Å². The van der Waals surface area contributed by atoms with Gasteiger partial charge in [-0.05, 0) is 42.0 Å². The maximum absolute atomic E-state index is 10.4. The van der Waals surface area contributed by atoms with Crippen LogP contribution in [-0.4, -0.2) is 10.2 Å². The minimum atomic E-state index is 0.178. The fraction of sp³-hybridized carbons (Fsp3) is 0.333. The van der Waals surface area contributed by atoms with Gasteiger partial charge >= 0.3 is 0 Å². The molecule has 0 atom stereocenters. The smallest absolute Gasteiger partial charge is 0.126 e. The molecule has 106 valence electrons. The van der Waals surface area contributed by atoms with Crippen LogP contribution in [-0.2, 0) is 19.3 Å². The summed E-state index contributed by atoms with van der Waals surface area (Å²) in [7, 11) is 0. The molecule has 2 N–H and O–H groups in total. The van der Waals surface area contributed by atoms with E-state index in [2.05, 4.69) is 31.2 Å². The van der Waals surface area contributed by atoms with Gasteiger partial charge in [-0.2, -0.15) is 0 Å². The van der Waals surface area contributed by atoms with E-state index in [4.69, 9.17) is 0 Å². The number of hydrogen-bond donors (Lipinski definition) is 2. The lowest BCUT2D eigenvalue weighted by molar-refractivity contribution is 0.436. The first-order valence-corrected chi connectivity index (χ1v) is 7.28. The quantitative estimate of drug-likeness (QED) is 0.861. The molecule has 0 bridgehead atoms. The highest BCUT2D eigenvalue weighted by Crippen LogP contribution is 2.39. The zero-order chi connectivity index (χ0) is 14.7. The van der Waals surface area contributed by atoms with Gasteiger partial charge < -0.3 is 10.2 Å². The fourth-order valence-electron chi connectivity index (χ4n) is 2.63. The molecule has 0 aliphatic rings. The number of aryl methyl sites for hydroxylation is 1. The Bertz CT molecular complexity index is 598. The number of aromatic hydroxyl groups is 2. The molecule has 0 spiro atoms. The summed E-state index contributed by atoms with van der Waals surface area (Å²) in [6.45, 7) is 6.08. The van der Waals surface area contributed by atoms with Crippen LogP contribution in [0.25, 0.3) is 11.1 Å². The van der Waals surface area contributed by atoms with E-state index in [1.54, 1.807) is 6.07 Å². The van der Waals surface area contributed by atoms with E-state index in [1.807, 2.05) is 13.8 Å². The molecule has 2 rings (SSSR count). The van der Waals surface area contributed by atoms with Gasteiger partial charge in [-0.1, -0.05) is 45.0 Å². The Hall–Kier alpha value is -1.96. The molecule has 0 aliphatic carbocycles. The van der Waals surface area contributed by atoms with Crippen LogP contribution in [0.15, 0.2) is 30.3 Å². The summed E-state index contributed by atoms with van der Waals surface area (Å²) in [4.78, 5) is 0. The molecule has 0 aliphatic heterocycles. The molecule has 2 nitrogen and oxygen atoms in total. The van der Waals surface area contributed by atoms with E-state index in [9.17, 15) is 10.2 Å². The minimum absolute atomic E-state index is 0.178. The maximum Gasteiger partial charge on any atom is 0.126 e. The van der Waals surface area contributed by atoms with E-state index < -0.39 is 0 Å². The Morgan fingerprint density at radius 1 is 0.800 bits per heavy atom. The Morgan fingerprint density at radius 3 is 1.90 bits per heavy atom. The molecular formula is C18H22O2. The Balaban J connectivity index is 2.60. The first-order chi connectivity index (χ1) is 9.62. The molecule has 0 fully saturated rings. The third kappa shape index (κ3) is 2.51. The van der Waals surface area contributed by atoms with Gasteiger partial charge in [-0.15, -0.1) is 0 Å². The zero-order valence-corrected chi connectivity index (χ0v) is 12.4. The van der Waals surface area contributed by atoms with Crippen molar-refractivity contribution in [3.05, 3.63) is 47.0 Å². The van der Waals surface area contributed by atoms with Crippen molar-refractivity contribution in [2.45, 2.75) is 40.0 Å². The second-order valence-corrected chi connectivity index (χ2v) is 5.01. The summed E-state index contributed by atoms with van der Waals surface area (Å²) in [5, 5.41) is 20.4. The molecular weight excluding hydrogens is 248 g/mol. The summed E-state index contributed by atoms with van der Waals surface area (Å²) < 4.78 is 0. The van der Waals surface area contributed by atoms with E-state index >= 15 is 0 Å². The number of hydrogen-bond acceptors (Lipinski definition) is 2. The largest absolute Gasteiger partial charge is 0.508 e. The van der Waals surface area contributed by atoms with Gasteiger partial charge in [-0.3, -0.25) is 0 Å². The molecule has 0 unspecified atom stereocenters. The van der Waals surface area contributed by atoms with Crippen molar-refractivity contribution in [3.63, 3.8) is 0 Å². The van der Waals surface area contributed by atoms with Crippen molar-refractivity contribution in [3.8, 4) is 22.6 Å². The molecule has 0 saturated carbocycles. The summed E-state index contributed by atoms with van der Waals surface area (Å²) >= 11 is 0. The van der Waals surface area contributed by atoms with Gasteiger partial charge in [0.05, 0.1) is 0 Å². The predicted octanol–water partition coefficient (Wildman–Crippen LogP) is 4.45. The molecule has 0 radical (unpaired) electrons. The standard InChI is InChI=1S/C18H22O2/c1-4-12-7-9-13(10-8-12)16-11-17(19)15(6-3)18(20)14(16)5-2/h7-11,19-20H,4-6H2,1-3H3. The number of phenolic OH excluding ortho intramolecular Hbond substituents is 2. The molecule has 2 aromatic rings. The van der Waals surface area contributed by atoms with Crippen LogP contribution in [0.4, 0.5) is 0 Å². The normalized spacial score (nSPS) is 10.8. The average Bonchev–Trinajstić information content (AvgIpc) is 2.47. The third-order valence-corrected chi connectivity index (χ3v) is 3.87. The topological polar surface area (TPSA) is 40.5 Å². The molecule has 0 aromatic heterocycles. The second-order valence-electron chi connectivity index (χ2n) is 5.01. The predicted molar refractivity (Wildman–Crippen MR) is 83.3 cm³/mol. The van der Waals surface area contributed by atoms with Crippen LogP contribution in [0, 0.1) is 0 Å². The minimum Gasteiger partial charge on any atom is -0.508 e. The second kappa shape index (κ2) is 6.00. The summed E-state index contributed by atoms with van der Waals surface area (Å²) in [5.74, 6) is 0.418. The lowest BCUT2D eigenvalue weighted by Crippen LogP contribution is -1.94. The highest BCUT2D eigenvalue weighted by atomic mass is 16.3. The van der Waals surface area contributed by atoms with Gasteiger partial charge in [-0.25, -0.2) is 0 Å². The molecule has 0 saturated heterocycles. The van der Waals surface area contributed by atoms with Crippen molar-refractivity contribution < 1.29 is 10.2 Å². The van der Waals surface area contributed by atoms with Crippen molar-refractivity contribution >= 4 is 0 Å². The monoisotopic (exact) mass is 270 g/mol. The van der Waals surface area contributed by atoms with Gasteiger partial charge in [0.1, 0.15) is 11.5 Å². The van der Waals surface area contributed by atoms with E-state index in [1.165, 1.54) is 5.56 Å². The highest BCUT2D eigenvalue weighted by molar-refractivity contribution is 5.74. The summed E-state index contributed by atoms with van der Waals surface area (Å²) in [6, 6.07) is 10.1. The van der Waals surface area contributed by atoms with Gasteiger partial charge in [0.15, 0.2) is 0 Å². The number of phenols is 2. The zero-order valence-electron chi connectivity index (χ0n) is 12.4. The Kier molecular flexibility index (Phi) is 4.33. The lowest BCUT2D eigenvalue weighted by Gasteiger charge is -2.15. The van der Waals surface area contributed by atoms with Crippen molar-refractivity contribution in [2.24, 2.45) is 0 Å². The third-order valence-electron chi connectivity index (χ3n) is 3.87. The van der Waals surface area contributed by atoms with E-state index in [-0.39, 0.29) is 11.5 Å². The molecule has 0 amide bonds. The number of rotatable bonds is 4. The average molecular weight is 270 g/mol. The highest BCUT2D eigenvalue weighted by Gasteiger charge is 2.16. The lowest BCUT2D eigenvalue weighted by atomic mass is 9.92. The first-order valence-electron chi connectivity index (χ1n) is 7.28. The van der Waals surface area contributed by atoms with Crippen molar-refractivity contribution in [2.75, 3.05) is 0 Å². The molecule has 0 heterocycles. The molecule has 2 heteroatoms. The van der Waals surface area contributed by atoms with Crippen LogP contribution >= 0.6 is 0 Å². The Labute approximate surface area is 120 Å². The van der Waals surface area contributed by atoms with E-state index in [0.717, 1.165) is 29.5 Å². The van der Waals surface area contributed by atoms with Crippen molar-refractivity contribution in [1.82, 2.24) is 0 Å². The number of benzene rings is 2. The first kappa shape index (κ1) is 14.4. The van der Waals surface area contributed by atoms with Crippen LogP contribution in [0.5, 0.6) is 11.5 Å². The fourth-order valence-corrected chi connectivity index (χ4v) is 2.63. The van der Waals surface area contributed by atoms with Crippen molar-refractivity contribution in [1.29, 1.82) is 0 Å². The van der Waals surface area contributed by atoms with Gasteiger partial charge in [0.25, 0.3) is 0 Å².